The number of ether oxygens (including phenoxy) is 3. The molecular weight excluding hydrogens is 841 g/mol. The van der Waals surface area contributed by atoms with Gasteiger partial charge in [-0.3, -0.25) is 53.8 Å². The number of hydrogen-bond acceptors (Lipinski definition) is 16. The second-order valence-electron chi connectivity index (χ2n) is 12.6. The number of rotatable bonds is 16. The standard InChI is InChI=1S/C38H32N8O13S2/c1-57-36-34(44-61(55,56)25-11-7-22(8-12-25)41-29(47)14-9-24-10-16-32(60-24)46(53)54)40-20-23(42-36)4-3-17-39-31(49)21-58-18-19-59-28-6-2-5-26-33(28)38(52)45(37(26)51)27-13-15-30(48)43-35(27)50/h2,5-12,14,16,20,27H,13,15,17-19,21H2,1H3,(H,39,49)(H,40,44)(H,41,47)(H,43,48,50)/b14-9+. The Balaban J connectivity index is 0.928. The van der Waals surface area contributed by atoms with Crippen LogP contribution in [0.15, 0.2) is 71.8 Å². The van der Waals surface area contributed by atoms with Gasteiger partial charge < -0.3 is 24.8 Å². The van der Waals surface area contributed by atoms with Gasteiger partial charge in [0.2, 0.25) is 29.4 Å². The number of imide groups is 2. The van der Waals surface area contributed by atoms with E-state index in [-0.39, 0.29) is 89.1 Å². The molecule has 0 aliphatic carbocycles. The number of sulfonamides is 1. The summed E-state index contributed by atoms with van der Waals surface area (Å²) in [6.45, 7) is -0.624. The number of carbonyl (C=O) groups excluding carboxylic acids is 6. The van der Waals surface area contributed by atoms with E-state index in [9.17, 15) is 47.3 Å². The lowest BCUT2D eigenvalue weighted by atomic mass is 10.0. The first-order chi connectivity index (χ1) is 29.2. The molecule has 0 saturated carbocycles. The number of amides is 6. The third kappa shape index (κ3) is 10.6. The average Bonchev–Trinajstić information content (AvgIpc) is 3.82. The Morgan fingerprint density at radius 2 is 1.87 bits per heavy atom. The Hall–Kier alpha value is -7.55. The normalized spacial score (nSPS) is 14.8. The van der Waals surface area contributed by atoms with E-state index in [1.165, 1.54) is 80.1 Å². The highest BCUT2D eigenvalue weighted by Gasteiger charge is 2.46. The summed E-state index contributed by atoms with van der Waals surface area (Å²) in [6.07, 6.45) is 3.79. The Kier molecular flexibility index (Phi) is 13.4. The van der Waals surface area contributed by atoms with Gasteiger partial charge >= 0.3 is 5.00 Å². The molecule has 1 fully saturated rings. The molecule has 2 aromatic carbocycles. The second kappa shape index (κ2) is 19.0. The summed E-state index contributed by atoms with van der Waals surface area (Å²) >= 11 is 0.902. The highest BCUT2D eigenvalue weighted by Crippen LogP contribution is 2.34. The number of aromatic nitrogens is 2. The summed E-state index contributed by atoms with van der Waals surface area (Å²) in [5.74, 6) is 1.37. The first-order valence-electron chi connectivity index (χ1n) is 17.8. The van der Waals surface area contributed by atoms with E-state index in [2.05, 4.69) is 42.5 Å². The van der Waals surface area contributed by atoms with Crippen molar-refractivity contribution in [1.29, 1.82) is 0 Å². The molecule has 2 aromatic heterocycles. The summed E-state index contributed by atoms with van der Waals surface area (Å²) in [7, 11) is -2.94. The molecule has 0 spiro atoms. The molecule has 1 saturated heterocycles. The molecule has 4 heterocycles. The van der Waals surface area contributed by atoms with Gasteiger partial charge in [0.05, 0.1) is 47.4 Å². The molecule has 6 amide bonds. The van der Waals surface area contributed by atoms with Gasteiger partial charge in [0.1, 0.15) is 30.7 Å². The summed E-state index contributed by atoms with van der Waals surface area (Å²) in [4.78, 5) is 94.3. The van der Waals surface area contributed by atoms with Crippen LogP contribution in [0.5, 0.6) is 11.6 Å². The highest BCUT2D eigenvalue weighted by atomic mass is 32.2. The van der Waals surface area contributed by atoms with E-state index in [1.54, 1.807) is 0 Å². The van der Waals surface area contributed by atoms with Gasteiger partial charge in [0.15, 0.2) is 0 Å². The maximum Gasteiger partial charge on any atom is 0.324 e. The number of methoxy groups -OCH3 is 1. The van der Waals surface area contributed by atoms with Gasteiger partial charge in [-0.15, -0.1) is 0 Å². The van der Waals surface area contributed by atoms with Crippen LogP contribution in [0, 0.1) is 22.0 Å². The number of piperidine rings is 1. The van der Waals surface area contributed by atoms with Gasteiger partial charge in [-0.25, -0.2) is 13.4 Å². The van der Waals surface area contributed by atoms with Crippen LogP contribution in [-0.4, -0.2) is 103 Å². The third-order valence-corrected chi connectivity index (χ3v) is 10.9. The van der Waals surface area contributed by atoms with Crippen molar-refractivity contribution < 1.29 is 56.3 Å². The van der Waals surface area contributed by atoms with E-state index in [0.717, 1.165) is 16.2 Å². The average molecular weight is 873 g/mol. The highest BCUT2D eigenvalue weighted by molar-refractivity contribution is 7.92. The zero-order valence-corrected chi connectivity index (χ0v) is 33.3. The molecule has 4 N–H and O–H groups in total. The van der Waals surface area contributed by atoms with E-state index < -0.39 is 56.4 Å². The lowest BCUT2D eigenvalue weighted by Crippen LogP contribution is -2.54. The van der Waals surface area contributed by atoms with Gasteiger partial charge in [-0.2, -0.15) is 4.98 Å². The summed E-state index contributed by atoms with van der Waals surface area (Å²) < 4.78 is 44.7. The molecule has 1 unspecified atom stereocenters. The molecule has 21 nitrogen and oxygen atoms in total. The number of nitrogens with one attached hydrogen (secondary N) is 4. The lowest BCUT2D eigenvalue weighted by molar-refractivity contribution is -0.380. The predicted molar refractivity (Wildman–Crippen MR) is 214 cm³/mol. The van der Waals surface area contributed by atoms with Crippen molar-refractivity contribution in [3.8, 4) is 23.5 Å². The maximum absolute atomic E-state index is 13.2. The zero-order chi connectivity index (χ0) is 43.7. The number of fused-ring (bicyclic) bond motifs is 1. The number of nitrogens with zero attached hydrogens (tertiary/aromatic N) is 4. The Morgan fingerprint density at radius 3 is 2.59 bits per heavy atom. The monoisotopic (exact) mass is 872 g/mol. The van der Waals surface area contributed by atoms with Crippen LogP contribution < -0.4 is 30.1 Å². The van der Waals surface area contributed by atoms with E-state index in [1.807, 2.05) is 0 Å². The molecule has 314 valence electrons. The molecule has 0 bridgehead atoms. The first-order valence-corrected chi connectivity index (χ1v) is 20.1. The van der Waals surface area contributed by atoms with E-state index in [0.29, 0.717) is 4.88 Å². The fourth-order valence-electron chi connectivity index (χ4n) is 5.73. The van der Waals surface area contributed by atoms with Gasteiger partial charge in [-0.05, 0) is 60.9 Å². The van der Waals surface area contributed by atoms with Crippen LogP contribution in [0.3, 0.4) is 0 Å². The molecule has 23 heteroatoms. The summed E-state index contributed by atoms with van der Waals surface area (Å²) in [6, 6.07) is 11.4. The minimum absolute atomic E-state index is 0.0126. The van der Waals surface area contributed by atoms with Crippen LogP contribution in [-0.2, 0) is 33.9 Å². The number of hydrogen-bond donors (Lipinski definition) is 4. The topological polar surface area (TPSA) is 285 Å². The van der Waals surface area contributed by atoms with Crippen LogP contribution >= 0.6 is 11.3 Å². The fourth-order valence-corrected chi connectivity index (χ4v) is 7.46. The quantitative estimate of drug-likeness (QED) is 0.0312. The Morgan fingerprint density at radius 1 is 1.08 bits per heavy atom. The SMILES string of the molecule is COc1nc(C#CCNC(=O)COCCOc2cccc3c2C(=O)N(C2CCC(=O)NC2=O)C3=O)cnc1NS(=O)(=O)c1ccc(NC(=O)/C=C/c2ccc([N+](=O)[O-])s2)cc1. The van der Waals surface area contributed by atoms with Crippen molar-refractivity contribution in [3.05, 3.63) is 98.7 Å². The van der Waals surface area contributed by atoms with Crippen molar-refractivity contribution >= 4 is 79.4 Å². The summed E-state index contributed by atoms with van der Waals surface area (Å²) in [5.41, 5.74) is 0.430. The van der Waals surface area contributed by atoms with Crippen LogP contribution in [0.4, 0.5) is 16.5 Å². The van der Waals surface area contributed by atoms with Gasteiger partial charge in [-0.1, -0.05) is 23.3 Å². The van der Waals surface area contributed by atoms with E-state index in [4.69, 9.17) is 14.2 Å². The number of anilines is 2. The van der Waals surface area contributed by atoms with Crippen molar-refractivity contribution in [2.75, 3.05) is 43.5 Å². The largest absolute Gasteiger partial charge is 0.490 e. The molecule has 4 aromatic rings. The van der Waals surface area contributed by atoms with Crippen LogP contribution in [0.2, 0.25) is 0 Å². The van der Waals surface area contributed by atoms with Gasteiger partial charge in [0.25, 0.3) is 27.7 Å². The van der Waals surface area contributed by atoms with Crippen molar-refractivity contribution in [2.45, 2.75) is 23.8 Å². The molecular formula is C38H32N8O13S2. The second-order valence-corrected chi connectivity index (χ2v) is 15.4. The van der Waals surface area contributed by atoms with E-state index >= 15 is 0 Å². The molecule has 1 atom stereocenters. The number of benzene rings is 2. The molecule has 2 aliphatic rings. The zero-order valence-electron chi connectivity index (χ0n) is 31.7. The predicted octanol–water partition coefficient (Wildman–Crippen LogP) is 1.87. The molecule has 2 aliphatic heterocycles. The van der Waals surface area contributed by atoms with Crippen molar-refractivity contribution in [1.82, 2.24) is 25.5 Å². The maximum atomic E-state index is 13.2. The number of carbonyl (C=O) groups is 6. The molecule has 0 radical (unpaired) electrons. The third-order valence-electron chi connectivity index (χ3n) is 8.53. The smallest absolute Gasteiger partial charge is 0.324 e. The fraction of sp³-hybridized carbons (Fsp3) is 0.211. The minimum Gasteiger partial charge on any atom is -0.490 e. The summed E-state index contributed by atoms with van der Waals surface area (Å²) in [5, 5.41) is 18.0. The van der Waals surface area contributed by atoms with Gasteiger partial charge in [0, 0.05) is 29.1 Å². The van der Waals surface area contributed by atoms with Crippen molar-refractivity contribution in [2.24, 2.45) is 0 Å². The molecule has 61 heavy (non-hydrogen) atoms. The van der Waals surface area contributed by atoms with Crippen LogP contribution in [0.1, 0.15) is 44.1 Å². The molecule has 6 rings (SSSR count). The minimum atomic E-state index is -4.19. The van der Waals surface area contributed by atoms with Crippen molar-refractivity contribution in [3.63, 3.8) is 0 Å². The first kappa shape index (κ1) is 43.0. The number of nitro groups is 1. The lowest BCUT2D eigenvalue weighted by Gasteiger charge is -2.27. The number of thiophene rings is 1. The Labute approximate surface area is 349 Å². The van der Waals surface area contributed by atoms with Crippen LogP contribution in [0.25, 0.3) is 6.08 Å². The Bertz CT molecular complexity index is 2640.